The smallest absolute Gasteiger partial charge is 0.147 e. The predicted octanol–water partition coefficient (Wildman–Crippen LogP) is 4.41. The van der Waals surface area contributed by atoms with Crippen LogP contribution in [-0.4, -0.2) is 6.04 Å². The molecular formula is C15H18INO. The van der Waals surface area contributed by atoms with E-state index in [-0.39, 0.29) is 0 Å². The molecule has 3 heteroatoms. The molecule has 0 unspecified atom stereocenters. The molecule has 1 aromatic carbocycles. The summed E-state index contributed by atoms with van der Waals surface area (Å²) in [7, 11) is 0. The van der Waals surface area contributed by atoms with Crippen LogP contribution in [0.25, 0.3) is 11.0 Å². The lowest BCUT2D eigenvalue weighted by Gasteiger charge is -2.07. The number of hydrogen-bond donors (Lipinski definition) is 1. The standard InChI is InChI=1S/C15H18INO/c1-9(2)14-11-4-3-5-12(16)15(11)18-13(14)8-17-10-6-7-10/h3-5,9-10,17H,6-8H2,1-2H3. The fraction of sp³-hybridized carbons (Fsp3) is 0.467. The molecule has 2 aromatic rings. The summed E-state index contributed by atoms with van der Waals surface area (Å²) in [6.07, 6.45) is 2.63. The maximum atomic E-state index is 6.10. The van der Waals surface area contributed by atoms with Crippen molar-refractivity contribution in [3.63, 3.8) is 0 Å². The van der Waals surface area contributed by atoms with Crippen LogP contribution in [0.4, 0.5) is 0 Å². The van der Waals surface area contributed by atoms with E-state index in [2.05, 4.69) is 60.0 Å². The van der Waals surface area contributed by atoms with E-state index >= 15 is 0 Å². The summed E-state index contributed by atoms with van der Waals surface area (Å²) in [5.41, 5.74) is 2.42. The third kappa shape index (κ3) is 2.30. The minimum Gasteiger partial charge on any atom is -0.458 e. The molecule has 0 aliphatic heterocycles. The van der Waals surface area contributed by atoms with Gasteiger partial charge in [0.1, 0.15) is 11.3 Å². The van der Waals surface area contributed by atoms with Gasteiger partial charge in [-0.15, -0.1) is 0 Å². The first-order valence-corrected chi connectivity index (χ1v) is 7.68. The van der Waals surface area contributed by atoms with Crippen LogP contribution in [0.3, 0.4) is 0 Å². The summed E-state index contributed by atoms with van der Waals surface area (Å²) in [6, 6.07) is 7.12. The van der Waals surface area contributed by atoms with Gasteiger partial charge < -0.3 is 9.73 Å². The maximum Gasteiger partial charge on any atom is 0.147 e. The molecule has 0 atom stereocenters. The van der Waals surface area contributed by atoms with Crippen LogP contribution in [0.2, 0.25) is 0 Å². The SMILES string of the molecule is CC(C)c1c(CNC2CC2)oc2c(I)cccc12. The van der Waals surface area contributed by atoms with E-state index < -0.39 is 0 Å². The Balaban J connectivity index is 2.04. The van der Waals surface area contributed by atoms with E-state index in [1.165, 1.54) is 27.4 Å². The number of fused-ring (bicyclic) bond motifs is 1. The monoisotopic (exact) mass is 355 g/mol. The van der Waals surface area contributed by atoms with Crippen LogP contribution in [0.5, 0.6) is 0 Å². The second-order valence-corrected chi connectivity index (χ2v) is 6.53. The molecule has 1 aromatic heterocycles. The Bertz CT molecular complexity index is 569. The van der Waals surface area contributed by atoms with E-state index in [0.717, 1.165) is 23.9 Å². The van der Waals surface area contributed by atoms with Crippen LogP contribution in [0, 0.1) is 3.57 Å². The second kappa shape index (κ2) is 4.85. The Morgan fingerprint density at radius 3 is 2.83 bits per heavy atom. The lowest BCUT2D eigenvalue weighted by atomic mass is 9.99. The molecule has 1 aliphatic rings. The van der Waals surface area contributed by atoms with Gasteiger partial charge in [-0.25, -0.2) is 0 Å². The van der Waals surface area contributed by atoms with Gasteiger partial charge in [0.05, 0.1) is 10.1 Å². The summed E-state index contributed by atoms with van der Waals surface area (Å²) in [4.78, 5) is 0. The Morgan fingerprint density at radius 1 is 1.39 bits per heavy atom. The van der Waals surface area contributed by atoms with Crippen LogP contribution < -0.4 is 5.32 Å². The highest BCUT2D eigenvalue weighted by atomic mass is 127. The molecule has 18 heavy (non-hydrogen) atoms. The zero-order chi connectivity index (χ0) is 12.7. The fourth-order valence-corrected chi connectivity index (χ4v) is 3.05. The first-order chi connectivity index (χ1) is 8.66. The molecule has 0 bridgehead atoms. The van der Waals surface area contributed by atoms with E-state index in [1.54, 1.807) is 0 Å². The number of nitrogens with one attached hydrogen (secondary N) is 1. The molecule has 0 radical (unpaired) electrons. The van der Waals surface area contributed by atoms with Crippen molar-refractivity contribution in [2.75, 3.05) is 0 Å². The quantitative estimate of drug-likeness (QED) is 0.822. The lowest BCUT2D eigenvalue weighted by Crippen LogP contribution is -2.15. The van der Waals surface area contributed by atoms with Crippen molar-refractivity contribution in [1.29, 1.82) is 0 Å². The number of rotatable bonds is 4. The topological polar surface area (TPSA) is 25.2 Å². The van der Waals surface area contributed by atoms with E-state index in [9.17, 15) is 0 Å². The van der Waals surface area contributed by atoms with Crippen molar-refractivity contribution in [3.8, 4) is 0 Å². The summed E-state index contributed by atoms with van der Waals surface area (Å²) in [5.74, 6) is 1.62. The van der Waals surface area contributed by atoms with Gasteiger partial charge in [0.15, 0.2) is 0 Å². The molecule has 0 spiro atoms. The number of para-hydroxylation sites is 1. The summed E-state index contributed by atoms with van der Waals surface area (Å²) in [5, 5.41) is 4.83. The minimum absolute atomic E-state index is 0.500. The molecule has 1 N–H and O–H groups in total. The van der Waals surface area contributed by atoms with Crippen molar-refractivity contribution in [2.45, 2.75) is 45.2 Å². The molecule has 1 heterocycles. The minimum atomic E-state index is 0.500. The molecule has 1 aliphatic carbocycles. The van der Waals surface area contributed by atoms with E-state index in [0.29, 0.717) is 5.92 Å². The Kier molecular flexibility index (Phi) is 3.36. The third-order valence-electron chi connectivity index (χ3n) is 3.49. The van der Waals surface area contributed by atoms with Crippen LogP contribution in [-0.2, 0) is 6.54 Å². The average Bonchev–Trinajstić information content (AvgIpc) is 3.06. The summed E-state index contributed by atoms with van der Waals surface area (Å²) < 4.78 is 7.30. The molecule has 0 amide bonds. The van der Waals surface area contributed by atoms with Crippen molar-refractivity contribution < 1.29 is 4.42 Å². The molecule has 1 fully saturated rings. The summed E-state index contributed by atoms with van der Waals surface area (Å²) >= 11 is 2.35. The second-order valence-electron chi connectivity index (χ2n) is 5.37. The zero-order valence-electron chi connectivity index (χ0n) is 10.8. The van der Waals surface area contributed by atoms with Gasteiger partial charge in [0.25, 0.3) is 0 Å². The Morgan fingerprint density at radius 2 is 2.17 bits per heavy atom. The van der Waals surface area contributed by atoms with Crippen molar-refractivity contribution in [1.82, 2.24) is 5.32 Å². The molecule has 2 nitrogen and oxygen atoms in total. The Labute approximate surface area is 121 Å². The van der Waals surface area contributed by atoms with Gasteiger partial charge in [-0.1, -0.05) is 26.0 Å². The van der Waals surface area contributed by atoms with Gasteiger partial charge in [-0.3, -0.25) is 0 Å². The highest BCUT2D eigenvalue weighted by molar-refractivity contribution is 14.1. The molecule has 1 saturated carbocycles. The largest absolute Gasteiger partial charge is 0.458 e. The van der Waals surface area contributed by atoms with Crippen molar-refractivity contribution >= 4 is 33.6 Å². The Hall–Kier alpha value is -0.550. The van der Waals surface area contributed by atoms with Gasteiger partial charge in [-0.05, 0) is 47.4 Å². The first-order valence-electron chi connectivity index (χ1n) is 6.60. The highest BCUT2D eigenvalue weighted by Gasteiger charge is 2.23. The number of halogens is 1. The van der Waals surface area contributed by atoms with E-state index in [1.807, 2.05) is 0 Å². The van der Waals surface area contributed by atoms with Gasteiger partial charge in [0, 0.05) is 17.0 Å². The fourth-order valence-electron chi connectivity index (χ4n) is 2.44. The normalized spacial score (nSPS) is 15.8. The predicted molar refractivity (Wildman–Crippen MR) is 82.9 cm³/mol. The van der Waals surface area contributed by atoms with E-state index in [4.69, 9.17) is 4.42 Å². The molecular weight excluding hydrogens is 337 g/mol. The maximum absolute atomic E-state index is 6.10. The summed E-state index contributed by atoms with van der Waals surface area (Å²) in [6.45, 7) is 5.35. The van der Waals surface area contributed by atoms with Crippen LogP contribution in [0.1, 0.15) is 43.9 Å². The van der Waals surface area contributed by atoms with Crippen LogP contribution in [0.15, 0.2) is 22.6 Å². The van der Waals surface area contributed by atoms with Gasteiger partial charge >= 0.3 is 0 Å². The average molecular weight is 355 g/mol. The lowest BCUT2D eigenvalue weighted by molar-refractivity contribution is 0.502. The number of hydrogen-bond acceptors (Lipinski definition) is 2. The van der Waals surface area contributed by atoms with Crippen molar-refractivity contribution in [2.24, 2.45) is 0 Å². The van der Waals surface area contributed by atoms with Gasteiger partial charge in [-0.2, -0.15) is 0 Å². The third-order valence-corrected chi connectivity index (χ3v) is 4.34. The van der Waals surface area contributed by atoms with Crippen LogP contribution >= 0.6 is 22.6 Å². The molecule has 0 saturated heterocycles. The number of benzene rings is 1. The van der Waals surface area contributed by atoms with Gasteiger partial charge in [0.2, 0.25) is 0 Å². The zero-order valence-corrected chi connectivity index (χ0v) is 13.0. The van der Waals surface area contributed by atoms with Crippen molar-refractivity contribution in [3.05, 3.63) is 33.1 Å². The molecule has 96 valence electrons. The molecule has 3 rings (SSSR count). The number of furan rings is 1. The first kappa shape index (κ1) is 12.5. The highest BCUT2D eigenvalue weighted by Crippen LogP contribution is 2.34.